The topological polar surface area (TPSA) is 155 Å². The minimum absolute atomic E-state index is 0.628. The molecular formula is C131H79N9O3. The maximum absolute atomic E-state index is 6.27. The van der Waals surface area contributed by atoms with Crippen LogP contribution in [0.25, 0.3) is 288 Å². The normalized spacial score (nSPS) is 11.6. The van der Waals surface area contributed by atoms with Gasteiger partial charge in [0, 0.05) is 82.4 Å². The molecule has 0 radical (unpaired) electrons. The first kappa shape index (κ1) is 83.0. The summed E-state index contributed by atoms with van der Waals surface area (Å²) in [5.41, 5.74) is 20.6. The Balaban J connectivity index is 0.000000107. The second kappa shape index (κ2) is 35.0. The molecule has 143 heavy (non-hydrogen) atoms. The Kier molecular flexibility index (Phi) is 20.3. The molecule has 6 aromatic heterocycles. The minimum atomic E-state index is 0.628. The Morgan fingerprint density at radius 1 is 0.112 bits per heavy atom. The number of hydrogen-bond donors (Lipinski definition) is 0. The lowest BCUT2D eigenvalue weighted by atomic mass is 9.93. The van der Waals surface area contributed by atoms with E-state index in [2.05, 4.69) is 394 Å². The molecule has 0 bridgehead atoms. The molecular weight excluding hydrogens is 1750 g/mol. The number of benzene rings is 23. The molecule has 0 spiro atoms. The van der Waals surface area contributed by atoms with Gasteiger partial charge < -0.3 is 13.3 Å². The van der Waals surface area contributed by atoms with Gasteiger partial charge in [-0.15, -0.1) is 0 Å². The second-order valence-corrected chi connectivity index (χ2v) is 36.2. The van der Waals surface area contributed by atoms with Crippen LogP contribution in [0, 0.1) is 0 Å². The summed E-state index contributed by atoms with van der Waals surface area (Å²) < 4.78 is 18.6. The summed E-state index contributed by atoms with van der Waals surface area (Å²) in [6, 6.07) is 166. The molecule has 0 amide bonds. The third kappa shape index (κ3) is 15.5. The van der Waals surface area contributed by atoms with Gasteiger partial charge in [-0.05, 0) is 223 Å². The number of furan rings is 3. The first-order valence-electron chi connectivity index (χ1n) is 47.9. The lowest BCUT2D eigenvalue weighted by Gasteiger charge is -2.13. The van der Waals surface area contributed by atoms with E-state index in [1.54, 1.807) is 0 Å². The zero-order valence-electron chi connectivity index (χ0n) is 76.9. The Hall–Kier alpha value is -19.4. The number of aromatic nitrogens is 9. The maximum atomic E-state index is 6.27. The smallest absolute Gasteiger partial charge is 0.164 e. The number of para-hydroxylation sites is 3. The Labute approximate surface area is 819 Å². The predicted molar refractivity (Wildman–Crippen MR) is 587 cm³/mol. The lowest BCUT2D eigenvalue weighted by molar-refractivity contribution is 0.668. The van der Waals surface area contributed by atoms with Crippen LogP contribution in [0.5, 0.6) is 0 Å². The monoisotopic (exact) mass is 1830 g/mol. The summed E-state index contributed by atoms with van der Waals surface area (Å²) in [4.78, 5) is 45.7. The van der Waals surface area contributed by atoms with Crippen LogP contribution in [0.2, 0.25) is 0 Å². The molecule has 0 unspecified atom stereocenters. The van der Waals surface area contributed by atoms with Gasteiger partial charge in [-0.3, -0.25) is 0 Å². The van der Waals surface area contributed by atoms with E-state index < -0.39 is 0 Å². The highest BCUT2D eigenvalue weighted by Gasteiger charge is 2.24. The van der Waals surface area contributed by atoms with Crippen LogP contribution in [0.3, 0.4) is 0 Å². The van der Waals surface area contributed by atoms with Crippen molar-refractivity contribution in [2.75, 3.05) is 0 Å². The number of nitrogens with zero attached hydrogens (tertiary/aromatic N) is 9. The largest absolute Gasteiger partial charge is 0.456 e. The summed E-state index contributed by atoms with van der Waals surface area (Å²) in [6.45, 7) is 0. The molecule has 6 heterocycles. The van der Waals surface area contributed by atoms with Crippen molar-refractivity contribution in [3.05, 3.63) is 479 Å². The van der Waals surface area contributed by atoms with E-state index in [1.165, 1.54) is 26.9 Å². The fraction of sp³-hybridized carbons (Fsp3) is 0. The van der Waals surface area contributed by atoms with E-state index >= 15 is 0 Å². The predicted octanol–water partition coefficient (Wildman–Crippen LogP) is 34.5. The van der Waals surface area contributed by atoms with Crippen LogP contribution >= 0.6 is 0 Å². The summed E-state index contributed by atoms with van der Waals surface area (Å²) in [6.07, 6.45) is 0. The van der Waals surface area contributed by atoms with Crippen molar-refractivity contribution in [1.29, 1.82) is 0 Å². The fourth-order valence-corrected chi connectivity index (χ4v) is 20.3. The van der Waals surface area contributed by atoms with Crippen molar-refractivity contribution in [1.82, 2.24) is 44.9 Å². The van der Waals surface area contributed by atoms with Crippen molar-refractivity contribution in [2.45, 2.75) is 0 Å². The fourth-order valence-electron chi connectivity index (χ4n) is 20.3. The molecule has 0 saturated heterocycles. The van der Waals surface area contributed by atoms with E-state index in [1.807, 2.05) is 84.9 Å². The molecule has 29 aromatic rings. The Bertz CT molecular complexity index is 10000. The van der Waals surface area contributed by atoms with Crippen LogP contribution in [0.1, 0.15) is 0 Å². The average Bonchev–Trinajstić information content (AvgIpc) is 1.72. The van der Waals surface area contributed by atoms with Crippen molar-refractivity contribution in [3.8, 4) is 136 Å². The highest BCUT2D eigenvalue weighted by Crippen LogP contribution is 2.45. The average molecular weight is 1830 g/mol. The Morgan fingerprint density at radius 3 is 0.650 bits per heavy atom. The number of fused-ring (bicyclic) bond motifs is 17. The highest BCUT2D eigenvalue weighted by atomic mass is 16.3. The van der Waals surface area contributed by atoms with Gasteiger partial charge in [0.05, 0.1) is 0 Å². The lowest BCUT2D eigenvalue weighted by Crippen LogP contribution is -2.01. The van der Waals surface area contributed by atoms with Gasteiger partial charge >= 0.3 is 0 Å². The van der Waals surface area contributed by atoms with Gasteiger partial charge in [0.25, 0.3) is 0 Å². The van der Waals surface area contributed by atoms with Crippen LogP contribution in [0.15, 0.2) is 492 Å². The molecule has 0 atom stereocenters. The maximum Gasteiger partial charge on any atom is 0.164 e. The summed E-state index contributed by atoms with van der Waals surface area (Å²) in [5, 5.41) is 25.0. The molecule has 0 saturated carbocycles. The van der Waals surface area contributed by atoms with E-state index in [0.29, 0.717) is 52.4 Å². The standard InChI is InChI=1S/2C45H27N3O.C41H25N3O/c1-3-12-30-24-33(22-20-28(30)10-1)43-46-44(34-23-21-29-11-2-4-13-31(29)25-34)48-45(47-43)39-27-35(26-32-14-5-6-15-36(32)39)37-17-9-19-41-42(37)38-16-7-8-18-40(38)49-41;1-3-10-31-24-34(21-17-28(31)8-1)43-46-44(35-22-18-29-9-2-4-11-32(29)25-35)48-45(47-43)36-23-19-30-16-20-33(26-37(30)27-36)38-13-7-15-41-42(38)39-12-5-6-14-40(39)49-41;1-2-10-28(11-3-1)39-42-40(31-21-18-26-9-4-5-12-29(26)23-31)44-41(43-39)32-22-19-27-17-20-30(24-33(27)25-32)34-14-8-16-37-38(34)35-13-6-7-15-36(35)45-37/h2*1-27H;1-25H. The van der Waals surface area contributed by atoms with Crippen molar-refractivity contribution < 1.29 is 13.3 Å². The van der Waals surface area contributed by atoms with Crippen molar-refractivity contribution >= 4 is 152 Å². The van der Waals surface area contributed by atoms with Crippen molar-refractivity contribution in [2.24, 2.45) is 0 Å². The first-order chi connectivity index (χ1) is 70.7. The minimum Gasteiger partial charge on any atom is -0.456 e. The molecule has 0 fully saturated rings. The molecule has 666 valence electrons. The van der Waals surface area contributed by atoms with Gasteiger partial charge in [0.1, 0.15) is 33.5 Å². The van der Waals surface area contributed by atoms with Gasteiger partial charge in [0.2, 0.25) is 0 Å². The molecule has 0 aliphatic carbocycles. The number of rotatable bonds is 12. The van der Waals surface area contributed by atoms with E-state index in [9.17, 15) is 0 Å². The van der Waals surface area contributed by atoms with Gasteiger partial charge in [-0.25, -0.2) is 44.9 Å². The van der Waals surface area contributed by atoms with E-state index in [0.717, 1.165) is 209 Å². The number of hydrogen-bond acceptors (Lipinski definition) is 12. The molecule has 0 aliphatic heterocycles. The van der Waals surface area contributed by atoms with Crippen LogP contribution in [0.4, 0.5) is 0 Å². The van der Waals surface area contributed by atoms with Crippen LogP contribution in [-0.4, -0.2) is 44.9 Å². The zero-order valence-corrected chi connectivity index (χ0v) is 76.9. The first-order valence-corrected chi connectivity index (χ1v) is 47.9. The van der Waals surface area contributed by atoms with E-state index in [-0.39, 0.29) is 0 Å². The van der Waals surface area contributed by atoms with E-state index in [4.69, 9.17) is 58.1 Å². The summed E-state index contributed by atoms with van der Waals surface area (Å²) in [7, 11) is 0. The SMILES string of the molecule is c1ccc(-c2nc(-c3ccc4ccccc4c3)nc(-c3ccc4ccc(-c5cccc6oc7ccccc7c56)cc4c3)n2)cc1.c1ccc2cc(-c3nc(-c4ccc5ccccc5c4)nc(-c4cc(-c5cccc6oc7ccccc7c56)cc5ccccc45)n3)ccc2c1.c1ccc2cc(-c3nc(-c4ccc5ccccc5c4)nc(-c4ccc5ccc(-c6cccc7oc8ccccc8c67)cc5c4)n3)ccc2c1. The quantitative estimate of drug-likeness (QED) is 0.114. The third-order valence-electron chi connectivity index (χ3n) is 27.4. The van der Waals surface area contributed by atoms with Gasteiger partial charge in [-0.2, -0.15) is 0 Å². The molecule has 12 nitrogen and oxygen atoms in total. The molecule has 0 aliphatic rings. The molecule has 23 aromatic carbocycles. The highest BCUT2D eigenvalue weighted by molar-refractivity contribution is 6.17. The van der Waals surface area contributed by atoms with Crippen LogP contribution in [-0.2, 0) is 0 Å². The van der Waals surface area contributed by atoms with Crippen LogP contribution < -0.4 is 0 Å². The van der Waals surface area contributed by atoms with Gasteiger partial charge in [-0.1, -0.05) is 376 Å². The molecule has 29 rings (SSSR count). The van der Waals surface area contributed by atoms with Crippen molar-refractivity contribution in [3.63, 3.8) is 0 Å². The zero-order chi connectivity index (χ0) is 94.4. The second-order valence-electron chi connectivity index (χ2n) is 36.2. The Morgan fingerprint density at radius 2 is 0.329 bits per heavy atom. The summed E-state index contributed by atoms with van der Waals surface area (Å²) in [5.74, 6) is 5.76. The summed E-state index contributed by atoms with van der Waals surface area (Å²) >= 11 is 0. The third-order valence-corrected chi connectivity index (χ3v) is 27.4. The van der Waals surface area contributed by atoms with Gasteiger partial charge in [0.15, 0.2) is 52.4 Å². The molecule has 12 heteroatoms. The molecule has 0 N–H and O–H groups in total.